The first kappa shape index (κ1) is 16.0. The average Bonchev–Trinajstić information content (AvgIpc) is 3.03. The Labute approximate surface area is 135 Å². The second-order valence-corrected chi connectivity index (χ2v) is 6.41. The van der Waals surface area contributed by atoms with Crippen LogP contribution in [0.3, 0.4) is 0 Å². The van der Waals surface area contributed by atoms with Crippen LogP contribution >= 0.6 is 11.3 Å². The molecule has 1 saturated heterocycles. The fourth-order valence-electron chi connectivity index (χ4n) is 2.35. The van der Waals surface area contributed by atoms with E-state index < -0.39 is 18.4 Å². The molecule has 9 nitrogen and oxygen atoms in total. The van der Waals surface area contributed by atoms with Gasteiger partial charge in [-0.3, -0.25) is 9.36 Å². The Bertz CT molecular complexity index is 786. The second kappa shape index (κ2) is 6.32. The van der Waals surface area contributed by atoms with Gasteiger partial charge in [0.2, 0.25) is 0 Å². The summed E-state index contributed by atoms with van der Waals surface area (Å²) in [6.45, 7) is -0.304. The molecule has 0 amide bonds. The van der Waals surface area contributed by atoms with Crippen LogP contribution in [0.5, 0.6) is 0 Å². The molecule has 124 valence electrons. The number of rotatable bonds is 4. The molecular formula is C13H17N5O4S. The molecule has 2 aromatic rings. The van der Waals surface area contributed by atoms with Crippen molar-refractivity contribution in [3.8, 4) is 0 Å². The SMILES string of the molecule is CN(C)/C=N\c1ncc2sc(=O)n([C@H]3C[C@@H](O)[C@@H](CO)O3)c2n1. The molecule has 2 aromatic heterocycles. The fourth-order valence-corrected chi connectivity index (χ4v) is 3.18. The first-order chi connectivity index (χ1) is 11.0. The molecule has 1 fully saturated rings. The number of hydrogen-bond donors (Lipinski definition) is 2. The van der Waals surface area contributed by atoms with Gasteiger partial charge in [-0.05, 0) is 0 Å². The molecule has 0 bridgehead atoms. The van der Waals surface area contributed by atoms with Gasteiger partial charge in [-0.1, -0.05) is 11.3 Å². The lowest BCUT2D eigenvalue weighted by atomic mass is 10.2. The van der Waals surface area contributed by atoms with E-state index in [1.807, 2.05) is 14.1 Å². The molecule has 10 heteroatoms. The summed E-state index contributed by atoms with van der Waals surface area (Å²) in [6, 6.07) is 0. The first-order valence-corrected chi connectivity index (χ1v) is 7.84. The summed E-state index contributed by atoms with van der Waals surface area (Å²) >= 11 is 1.00. The van der Waals surface area contributed by atoms with Crippen molar-refractivity contribution in [1.29, 1.82) is 0 Å². The number of aliphatic hydroxyl groups is 2. The molecule has 0 radical (unpaired) electrons. The van der Waals surface area contributed by atoms with Gasteiger partial charge < -0.3 is 19.8 Å². The van der Waals surface area contributed by atoms with Crippen LogP contribution < -0.4 is 4.87 Å². The zero-order chi connectivity index (χ0) is 16.6. The van der Waals surface area contributed by atoms with Crippen molar-refractivity contribution in [2.45, 2.75) is 24.9 Å². The lowest BCUT2D eigenvalue weighted by Gasteiger charge is -2.13. The Kier molecular flexibility index (Phi) is 4.39. The summed E-state index contributed by atoms with van der Waals surface area (Å²) in [6.07, 6.45) is 1.14. The van der Waals surface area contributed by atoms with Gasteiger partial charge in [-0.25, -0.2) is 9.98 Å². The molecule has 0 spiro atoms. The monoisotopic (exact) mass is 339 g/mol. The number of hydrogen-bond acceptors (Lipinski definition) is 8. The van der Waals surface area contributed by atoms with Gasteiger partial charge >= 0.3 is 4.87 Å². The van der Waals surface area contributed by atoms with Crippen LogP contribution in [0.25, 0.3) is 10.3 Å². The quantitative estimate of drug-likeness (QED) is 0.581. The number of aliphatic imine (C=N–C) groups is 1. The van der Waals surface area contributed by atoms with Crippen LogP contribution in [0.1, 0.15) is 12.6 Å². The van der Waals surface area contributed by atoms with Gasteiger partial charge in [0.15, 0.2) is 5.65 Å². The highest BCUT2D eigenvalue weighted by Crippen LogP contribution is 2.31. The number of aromatic nitrogens is 3. The molecule has 3 heterocycles. The van der Waals surface area contributed by atoms with E-state index in [-0.39, 0.29) is 23.8 Å². The third kappa shape index (κ3) is 3.11. The summed E-state index contributed by atoms with van der Waals surface area (Å²) in [5, 5.41) is 19.0. The molecule has 0 unspecified atom stereocenters. The summed E-state index contributed by atoms with van der Waals surface area (Å²) in [5.74, 6) is 0.231. The standard InChI is InChI=1S/C13H17N5O4S/c1-17(2)6-15-12-14-4-9-11(16-12)18(13(21)23-9)10-3-7(20)8(5-19)22-10/h4,6-8,10,19-20H,3,5H2,1-2H3/b15-6-/t7-,8-,10-/m1/s1. The van der Waals surface area contributed by atoms with Gasteiger partial charge in [0.1, 0.15) is 12.3 Å². The average molecular weight is 339 g/mol. The minimum absolute atomic E-state index is 0.220. The second-order valence-electron chi connectivity index (χ2n) is 5.42. The van der Waals surface area contributed by atoms with Gasteiger partial charge in [0.25, 0.3) is 5.95 Å². The Morgan fingerprint density at radius 2 is 2.39 bits per heavy atom. The smallest absolute Gasteiger partial charge is 0.311 e. The van der Waals surface area contributed by atoms with Gasteiger partial charge in [-0.2, -0.15) is 4.98 Å². The molecule has 1 aliphatic rings. The largest absolute Gasteiger partial charge is 0.394 e. The highest BCUT2D eigenvalue weighted by Gasteiger charge is 2.36. The van der Waals surface area contributed by atoms with Crippen LogP contribution in [-0.4, -0.2) is 68.9 Å². The van der Waals surface area contributed by atoms with Crippen molar-refractivity contribution < 1.29 is 14.9 Å². The van der Waals surface area contributed by atoms with E-state index in [1.54, 1.807) is 17.4 Å². The molecule has 3 atom stereocenters. The maximum atomic E-state index is 12.2. The number of ether oxygens (including phenoxy) is 1. The lowest BCUT2D eigenvalue weighted by molar-refractivity contribution is -0.0437. The highest BCUT2D eigenvalue weighted by atomic mass is 32.1. The molecule has 1 aliphatic heterocycles. The Hall–Kier alpha value is -1.88. The van der Waals surface area contributed by atoms with Crippen molar-refractivity contribution in [2.75, 3.05) is 20.7 Å². The van der Waals surface area contributed by atoms with E-state index in [0.29, 0.717) is 10.3 Å². The Morgan fingerprint density at radius 1 is 1.61 bits per heavy atom. The van der Waals surface area contributed by atoms with Gasteiger partial charge in [0.05, 0.1) is 29.9 Å². The van der Waals surface area contributed by atoms with Crippen LogP contribution in [0.15, 0.2) is 16.0 Å². The topological polar surface area (TPSA) is 113 Å². The maximum Gasteiger partial charge on any atom is 0.311 e. The van der Waals surface area contributed by atoms with E-state index in [4.69, 9.17) is 4.74 Å². The Balaban J connectivity index is 2.01. The fraction of sp³-hybridized carbons (Fsp3) is 0.538. The molecule has 2 N–H and O–H groups in total. The highest BCUT2D eigenvalue weighted by molar-refractivity contribution is 7.16. The molecule has 3 rings (SSSR count). The van der Waals surface area contributed by atoms with E-state index >= 15 is 0 Å². The predicted molar refractivity (Wildman–Crippen MR) is 85.1 cm³/mol. The normalized spacial score (nSPS) is 24.8. The van der Waals surface area contributed by atoms with Crippen molar-refractivity contribution >= 4 is 34.0 Å². The number of thiazole rings is 1. The van der Waals surface area contributed by atoms with Crippen molar-refractivity contribution in [3.63, 3.8) is 0 Å². The molecule has 0 aromatic carbocycles. The van der Waals surface area contributed by atoms with E-state index in [9.17, 15) is 15.0 Å². The van der Waals surface area contributed by atoms with Crippen LogP contribution in [-0.2, 0) is 4.74 Å². The summed E-state index contributed by atoms with van der Waals surface area (Å²) in [4.78, 5) is 26.3. The van der Waals surface area contributed by atoms with Crippen molar-refractivity contribution in [3.05, 3.63) is 15.9 Å². The Morgan fingerprint density at radius 3 is 3.04 bits per heavy atom. The summed E-state index contributed by atoms with van der Waals surface area (Å²) in [7, 11) is 3.65. The predicted octanol–water partition coefficient (Wildman–Crippen LogP) is -0.285. The molecule has 23 heavy (non-hydrogen) atoms. The van der Waals surface area contributed by atoms with E-state index in [2.05, 4.69) is 15.0 Å². The summed E-state index contributed by atoms with van der Waals surface area (Å²) in [5.41, 5.74) is 0.414. The number of nitrogens with zero attached hydrogens (tertiary/aromatic N) is 5. The van der Waals surface area contributed by atoms with Gasteiger partial charge in [-0.15, -0.1) is 0 Å². The number of fused-ring (bicyclic) bond motifs is 1. The number of aliphatic hydroxyl groups excluding tert-OH is 2. The van der Waals surface area contributed by atoms with E-state index in [0.717, 1.165) is 11.3 Å². The van der Waals surface area contributed by atoms with Crippen LogP contribution in [0, 0.1) is 0 Å². The van der Waals surface area contributed by atoms with Crippen molar-refractivity contribution in [2.24, 2.45) is 4.99 Å². The molecule has 0 aliphatic carbocycles. The summed E-state index contributed by atoms with van der Waals surface area (Å²) < 4.78 is 7.56. The van der Waals surface area contributed by atoms with Crippen molar-refractivity contribution in [1.82, 2.24) is 19.4 Å². The van der Waals surface area contributed by atoms with E-state index in [1.165, 1.54) is 4.57 Å². The zero-order valence-corrected chi connectivity index (χ0v) is 13.5. The minimum atomic E-state index is -0.820. The maximum absolute atomic E-state index is 12.2. The third-order valence-electron chi connectivity index (χ3n) is 3.42. The molecular weight excluding hydrogens is 322 g/mol. The van der Waals surface area contributed by atoms with Gasteiger partial charge in [0, 0.05) is 20.5 Å². The molecule has 0 saturated carbocycles. The first-order valence-electron chi connectivity index (χ1n) is 7.02. The third-order valence-corrected chi connectivity index (χ3v) is 4.30. The lowest BCUT2D eigenvalue weighted by Crippen LogP contribution is -2.24. The zero-order valence-electron chi connectivity index (χ0n) is 12.7. The van der Waals surface area contributed by atoms with Crippen LogP contribution in [0.2, 0.25) is 0 Å². The minimum Gasteiger partial charge on any atom is -0.394 e. The van der Waals surface area contributed by atoms with Crippen LogP contribution in [0.4, 0.5) is 5.95 Å².